The number of aromatic nitrogens is 1. The van der Waals surface area contributed by atoms with Gasteiger partial charge >= 0.3 is 5.97 Å². The van der Waals surface area contributed by atoms with E-state index in [1.165, 1.54) is 40.5 Å². The summed E-state index contributed by atoms with van der Waals surface area (Å²) in [5.74, 6) is -2.38. The number of amides is 2. The molecule has 3 rings (SSSR count). The lowest BCUT2D eigenvalue weighted by molar-refractivity contribution is -0.121. The zero-order valence-corrected chi connectivity index (χ0v) is 16.6. The lowest BCUT2D eigenvalue weighted by Gasteiger charge is -2.22. The van der Waals surface area contributed by atoms with Gasteiger partial charge in [-0.2, -0.15) is 0 Å². The number of ether oxygens (including phenoxy) is 1. The molecule has 0 atom stereocenters. The molecule has 0 aliphatic carbocycles. The molecular formula is C21H18FN3O4S. The number of rotatable bonds is 8. The molecule has 7 nitrogen and oxygen atoms in total. The maximum absolute atomic E-state index is 13.2. The fourth-order valence-electron chi connectivity index (χ4n) is 2.60. The summed E-state index contributed by atoms with van der Waals surface area (Å²) in [6.45, 7) is -0.584. The molecule has 2 aromatic carbocycles. The Kier molecular flexibility index (Phi) is 6.87. The Labute approximate surface area is 175 Å². The Morgan fingerprint density at radius 2 is 1.77 bits per heavy atom. The molecule has 1 heterocycles. The van der Waals surface area contributed by atoms with Gasteiger partial charge in [0.1, 0.15) is 10.8 Å². The third-order valence-electron chi connectivity index (χ3n) is 4.08. The van der Waals surface area contributed by atoms with E-state index in [4.69, 9.17) is 10.5 Å². The second-order valence-electron chi connectivity index (χ2n) is 6.22. The quantitative estimate of drug-likeness (QED) is 0.557. The molecule has 9 heteroatoms. The number of halogens is 1. The minimum Gasteiger partial charge on any atom is -0.451 e. The molecule has 0 bridgehead atoms. The van der Waals surface area contributed by atoms with Crippen molar-refractivity contribution in [1.82, 2.24) is 4.98 Å². The van der Waals surface area contributed by atoms with Crippen LogP contribution in [0.3, 0.4) is 0 Å². The van der Waals surface area contributed by atoms with Crippen molar-refractivity contribution in [1.29, 1.82) is 0 Å². The molecule has 0 saturated carbocycles. The van der Waals surface area contributed by atoms with Crippen LogP contribution < -0.4 is 10.6 Å². The zero-order chi connectivity index (χ0) is 21.5. The first kappa shape index (κ1) is 21.1. The van der Waals surface area contributed by atoms with Crippen molar-refractivity contribution in [2.45, 2.75) is 6.42 Å². The summed E-state index contributed by atoms with van der Waals surface area (Å²) in [6, 6.07) is 14.5. The number of benzene rings is 2. The maximum Gasteiger partial charge on any atom is 0.358 e. The Bertz CT molecular complexity index is 1040. The van der Waals surface area contributed by atoms with Gasteiger partial charge in [0, 0.05) is 29.6 Å². The number of carbonyl (C=O) groups excluding carboxylic acids is 3. The number of hydrogen-bond donors (Lipinski definition) is 1. The first-order valence-corrected chi connectivity index (χ1v) is 9.84. The number of nitrogens with two attached hydrogens (primary N) is 1. The van der Waals surface area contributed by atoms with E-state index in [9.17, 15) is 18.8 Å². The number of anilines is 1. The van der Waals surface area contributed by atoms with Crippen molar-refractivity contribution in [3.8, 4) is 10.6 Å². The molecule has 0 unspecified atom stereocenters. The highest BCUT2D eigenvalue weighted by molar-refractivity contribution is 7.13. The van der Waals surface area contributed by atoms with Crippen molar-refractivity contribution in [3.05, 3.63) is 71.5 Å². The third-order valence-corrected chi connectivity index (χ3v) is 4.97. The molecule has 0 aliphatic heterocycles. The van der Waals surface area contributed by atoms with Crippen LogP contribution in [0.15, 0.2) is 60.0 Å². The van der Waals surface area contributed by atoms with Gasteiger partial charge < -0.3 is 15.4 Å². The van der Waals surface area contributed by atoms with Crippen molar-refractivity contribution < 1.29 is 23.5 Å². The van der Waals surface area contributed by atoms with Crippen LogP contribution in [0.5, 0.6) is 0 Å². The van der Waals surface area contributed by atoms with Gasteiger partial charge in [0.25, 0.3) is 5.91 Å². The van der Waals surface area contributed by atoms with Crippen molar-refractivity contribution in [2.75, 3.05) is 18.1 Å². The molecule has 2 N–H and O–H groups in total. The van der Waals surface area contributed by atoms with Gasteiger partial charge in [-0.25, -0.2) is 14.2 Å². The van der Waals surface area contributed by atoms with E-state index >= 15 is 0 Å². The Balaban J connectivity index is 1.65. The van der Waals surface area contributed by atoms with Gasteiger partial charge in [0.2, 0.25) is 5.91 Å². The van der Waals surface area contributed by atoms with E-state index in [2.05, 4.69) is 4.98 Å². The molecule has 3 aromatic rings. The van der Waals surface area contributed by atoms with E-state index in [1.54, 1.807) is 5.38 Å². The van der Waals surface area contributed by atoms with Gasteiger partial charge in [-0.3, -0.25) is 9.59 Å². The minimum absolute atomic E-state index is 0.0216. The Hall–Kier alpha value is -3.59. The summed E-state index contributed by atoms with van der Waals surface area (Å²) in [5.41, 5.74) is 6.48. The van der Waals surface area contributed by atoms with Crippen LogP contribution >= 0.6 is 11.3 Å². The van der Waals surface area contributed by atoms with Crippen LogP contribution in [-0.4, -0.2) is 35.9 Å². The topological polar surface area (TPSA) is 103 Å². The molecule has 0 spiro atoms. The number of primary amides is 1. The minimum atomic E-state index is -0.740. The largest absolute Gasteiger partial charge is 0.451 e. The van der Waals surface area contributed by atoms with Crippen LogP contribution in [0.1, 0.15) is 16.9 Å². The summed E-state index contributed by atoms with van der Waals surface area (Å²) in [7, 11) is 0. The average Bonchev–Trinajstić information content (AvgIpc) is 3.24. The SMILES string of the molecule is NC(=O)CCN(C(=O)COC(=O)c1csc(-c2ccccc2)n1)c1ccc(F)cc1. The molecule has 0 radical (unpaired) electrons. The highest BCUT2D eigenvalue weighted by atomic mass is 32.1. The molecular weight excluding hydrogens is 409 g/mol. The standard InChI is InChI=1S/C21H18FN3O4S/c22-15-6-8-16(9-7-15)25(11-10-18(23)26)19(27)12-29-21(28)17-13-30-20(24-17)14-4-2-1-3-5-14/h1-9,13H,10-12H2,(H2,23,26). The molecule has 0 aliphatic rings. The molecule has 0 fully saturated rings. The summed E-state index contributed by atoms with van der Waals surface area (Å²) >= 11 is 1.29. The maximum atomic E-state index is 13.2. The third kappa shape index (κ3) is 5.48. The van der Waals surface area contributed by atoms with Crippen LogP contribution in [0.4, 0.5) is 10.1 Å². The van der Waals surface area contributed by atoms with E-state index < -0.39 is 30.2 Å². The van der Waals surface area contributed by atoms with Crippen LogP contribution in [0.2, 0.25) is 0 Å². The summed E-state index contributed by atoms with van der Waals surface area (Å²) in [4.78, 5) is 41.5. The van der Waals surface area contributed by atoms with E-state index in [-0.39, 0.29) is 18.7 Å². The summed E-state index contributed by atoms with van der Waals surface area (Å²) in [5, 5.41) is 2.21. The van der Waals surface area contributed by atoms with Crippen LogP contribution in [-0.2, 0) is 14.3 Å². The second-order valence-corrected chi connectivity index (χ2v) is 7.08. The van der Waals surface area contributed by atoms with E-state index in [0.29, 0.717) is 10.7 Å². The van der Waals surface area contributed by atoms with Gasteiger partial charge in [0.05, 0.1) is 0 Å². The summed E-state index contributed by atoms with van der Waals surface area (Å²) in [6.07, 6.45) is -0.0937. The lowest BCUT2D eigenvalue weighted by Crippen LogP contribution is -2.37. The number of hydrogen-bond acceptors (Lipinski definition) is 6. The number of esters is 1. The Morgan fingerprint density at radius 1 is 1.07 bits per heavy atom. The average molecular weight is 427 g/mol. The molecule has 154 valence electrons. The molecule has 0 saturated heterocycles. The molecule has 2 amide bonds. The number of carbonyl (C=O) groups is 3. The monoisotopic (exact) mass is 427 g/mol. The zero-order valence-electron chi connectivity index (χ0n) is 15.8. The molecule has 1 aromatic heterocycles. The van der Waals surface area contributed by atoms with Crippen molar-refractivity contribution in [2.24, 2.45) is 5.73 Å². The van der Waals surface area contributed by atoms with Crippen molar-refractivity contribution in [3.63, 3.8) is 0 Å². The van der Waals surface area contributed by atoms with E-state index in [1.807, 2.05) is 30.3 Å². The van der Waals surface area contributed by atoms with Gasteiger partial charge in [-0.1, -0.05) is 30.3 Å². The fourth-order valence-corrected chi connectivity index (χ4v) is 3.40. The second kappa shape index (κ2) is 9.75. The van der Waals surface area contributed by atoms with Crippen LogP contribution in [0.25, 0.3) is 10.6 Å². The number of nitrogens with zero attached hydrogens (tertiary/aromatic N) is 2. The predicted molar refractivity (Wildman–Crippen MR) is 110 cm³/mol. The van der Waals surface area contributed by atoms with Crippen molar-refractivity contribution >= 4 is 34.8 Å². The first-order chi connectivity index (χ1) is 14.4. The van der Waals surface area contributed by atoms with E-state index in [0.717, 1.165) is 5.56 Å². The number of thiazole rings is 1. The fraction of sp³-hybridized carbons (Fsp3) is 0.143. The Morgan fingerprint density at radius 3 is 2.43 bits per heavy atom. The van der Waals surface area contributed by atoms with Gasteiger partial charge in [-0.05, 0) is 24.3 Å². The van der Waals surface area contributed by atoms with Gasteiger partial charge in [0.15, 0.2) is 12.3 Å². The normalized spacial score (nSPS) is 10.4. The first-order valence-electron chi connectivity index (χ1n) is 8.96. The van der Waals surface area contributed by atoms with Gasteiger partial charge in [-0.15, -0.1) is 11.3 Å². The smallest absolute Gasteiger partial charge is 0.358 e. The highest BCUT2D eigenvalue weighted by Gasteiger charge is 2.20. The predicted octanol–water partition coefficient (Wildman–Crippen LogP) is 3.01. The summed E-state index contributed by atoms with van der Waals surface area (Å²) < 4.78 is 18.3. The highest BCUT2D eigenvalue weighted by Crippen LogP contribution is 2.23. The van der Waals surface area contributed by atoms with Crippen LogP contribution in [0, 0.1) is 5.82 Å². The molecule has 30 heavy (non-hydrogen) atoms. The lowest BCUT2D eigenvalue weighted by atomic mass is 10.2.